The Morgan fingerprint density at radius 2 is 1.85 bits per heavy atom. The predicted molar refractivity (Wildman–Crippen MR) is 93.3 cm³/mol. The third-order valence-corrected chi connectivity index (χ3v) is 4.08. The van der Waals surface area contributed by atoms with Crippen molar-refractivity contribution >= 4 is 22.8 Å². The van der Waals surface area contributed by atoms with Gasteiger partial charge in [-0.2, -0.15) is 0 Å². The van der Waals surface area contributed by atoms with Crippen LogP contribution in [0.25, 0.3) is 10.9 Å². The number of rotatable bonds is 6. The summed E-state index contributed by atoms with van der Waals surface area (Å²) in [4.78, 5) is 26.5. The molecular weight excluding hydrogens is 339 g/mol. The Balaban J connectivity index is 1.82. The van der Waals surface area contributed by atoms with Crippen molar-refractivity contribution in [3.8, 4) is 0 Å². The maximum atomic E-state index is 13.3. The number of H-pyrrole nitrogens is 1. The lowest BCUT2D eigenvalue weighted by Gasteiger charge is -2.21. The van der Waals surface area contributed by atoms with E-state index >= 15 is 0 Å². The molecule has 0 aliphatic rings. The van der Waals surface area contributed by atoms with Gasteiger partial charge in [0.2, 0.25) is 0 Å². The Kier molecular flexibility index (Phi) is 4.99. The number of aliphatic carboxylic acids is 1. The molecule has 134 valence electrons. The first-order chi connectivity index (χ1) is 12.4. The van der Waals surface area contributed by atoms with Crippen molar-refractivity contribution in [3.63, 3.8) is 0 Å². The molecule has 0 unspecified atom stereocenters. The first kappa shape index (κ1) is 17.6. The van der Waals surface area contributed by atoms with Gasteiger partial charge < -0.3 is 20.5 Å². The van der Waals surface area contributed by atoms with Gasteiger partial charge in [-0.05, 0) is 36.2 Å². The topological polar surface area (TPSA) is 102 Å². The minimum absolute atomic E-state index is 0.148. The summed E-state index contributed by atoms with van der Waals surface area (Å²) < 4.78 is 13.3. The van der Waals surface area contributed by atoms with Crippen LogP contribution in [-0.2, 0) is 11.2 Å². The van der Waals surface area contributed by atoms with Gasteiger partial charge in [-0.1, -0.05) is 30.3 Å². The number of fused-ring (bicyclic) bond motifs is 1. The molecule has 6 nitrogen and oxygen atoms in total. The standard InChI is InChI=1S/C19H17FN2O4/c20-13-6-7-14-12(9-13)10-16(21-14)18(24)22-15(17(23)19(25)26)8-11-4-2-1-3-5-11/h1-7,9-10,15,17,21,23H,8H2,(H,22,24)(H,25,26)/t15-,17+/m0/s1. The van der Waals surface area contributed by atoms with E-state index in [1.807, 2.05) is 6.07 Å². The molecule has 0 aliphatic heterocycles. The van der Waals surface area contributed by atoms with Crippen LogP contribution in [0.4, 0.5) is 4.39 Å². The highest BCUT2D eigenvalue weighted by molar-refractivity contribution is 5.98. The van der Waals surface area contributed by atoms with Crippen molar-refractivity contribution in [2.24, 2.45) is 0 Å². The number of carbonyl (C=O) groups is 2. The van der Waals surface area contributed by atoms with Crippen molar-refractivity contribution in [1.29, 1.82) is 0 Å². The van der Waals surface area contributed by atoms with Crippen LogP contribution in [0.1, 0.15) is 16.1 Å². The molecule has 2 atom stereocenters. The number of amides is 1. The Bertz CT molecular complexity index is 939. The molecule has 1 amide bonds. The molecule has 0 fully saturated rings. The van der Waals surface area contributed by atoms with E-state index in [1.165, 1.54) is 24.3 Å². The van der Waals surface area contributed by atoms with Crippen LogP contribution < -0.4 is 5.32 Å². The van der Waals surface area contributed by atoms with E-state index in [9.17, 15) is 19.1 Å². The number of carbonyl (C=O) groups excluding carboxylic acids is 1. The number of aliphatic hydroxyl groups excluding tert-OH is 1. The van der Waals surface area contributed by atoms with Gasteiger partial charge in [-0.25, -0.2) is 9.18 Å². The van der Waals surface area contributed by atoms with Crippen LogP contribution in [0.3, 0.4) is 0 Å². The summed E-state index contributed by atoms with van der Waals surface area (Å²) in [5.74, 6) is -2.43. The van der Waals surface area contributed by atoms with E-state index in [1.54, 1.807) is 24.3 Å². The first-order valence-electron chi connectivity index (χ1n) is 7.98. The van der Waals surface area contributed by atoms with Gasteiger partial charge >= 0.3 is 5.97 Å². The fraction of sp³-hybridized carbons (Fsp3) is 0.158. The number of nitrogens with one attached hydrogen (secondary N) is 2. The number of hydrogen-bond acceptors (Lipinski definition) is 3. The summed E-state index contributed by atoms with van der Waals surface area (Å²) in [5.41, 5.74) is 1.51. The van der Waals surface area contributed by atoms with Crippen LogP contribution >= 0.6 is 0 Å². The molecule has 2 aromatic carbocycles. The molecular formula is C19H17FN2O4. The molecule has 0 saturated carbocycles. The van der Waals surface area contributed by atoms with Gasteiger partial charge in [0.1, 0.15) is 11.5 Å². The summed E-state index contributed by atoms with van der Waals surface area (Å²) in [6.45, 7) is 0. The largest absolute Gasteiger partial charge is 0.479 e. The fourth-order valence-corrected chi connectivity index (χ4v) is 2.75. The van der Waals surface area contributed by atoms with Crippen LogP contribution in [0.15, 0.2) is 54.6 Å². The molecule has 1 aromatic heterocycles. The minimum atomic E-state index is -1.76. The molecule has 7 heteroatoms. The monoisotopic (exact) mass is 356 g/mol. The number of halogens is 1. The van der Waals surface area contributed by atoms with Gasteiger partial charge in [-0.15, -0.1) is 0 Å². The number of aromatic amines is 1. The zero-order chi connectivity index (χ0) is 18.7. The van der Waals surface area contributed by atoms with Crippen LogP contribution in [-0.4, -0.2) is 39.2 Å². The predicted octanol–water partition coefficient (Wildman–Crippen LogP) is 2.09. The summed E-state index contributed by atoms with van der Waals surface area (Å²) in [7, 11) is 0. The zero-order valence-electron chi connectivity index (χ0n) is 13.6. The second kappa shape index (κ2) is 7.37. The maximum absolute atomic E-state index is 13.3. The lowest BCUT2D eigenvalue weighted by Crippen LogP contribution is -2.48. The highest BCUT2D eigenvalue weighted by Crippen LogP contribution is 2.17. The summed E-state index contributed by atoms with van der Waals surface area (Å²) in [6, 6.07) is 13.5. The van der Waals surface area contributed by atoms with Crippen molar-refractivity contribution in [3.05, 3.63) is 71.7 Å². The van der Waals surface area contributed by atoms with E-state index in [0.717, 1.165) is 5.56 Å². The van der Waals surface area contributed by atoms with Crippen molar-refractivity contribution in [1.82, 2.24) is 10.3 Å². The molecule has 3 rings (SSSR count). The minimum Gasteiger partial charge on any atom is -0.479 e. The van der Waals surface area contributed by atoms with Crippen molar-refractivity contribution in [2.45, 2.75) is 18.6 Å². The van der Waals surface area contributed by atoms with E-state index < -0.39 is 29.8 Å². The molecule has 0 radical (unpaired) electrons. The Hall–Kier alpha value is -3.19. The highest BCUT2D eigenvalue weighted by atomic mass is 19.1. The summed E-state index contributed by atoms with van der Waals surface area (Å²) in [6.07, 6.45) is -1.62. The second-order valence-electron chi connectivity index (χ2n) is 5.97. The van der Waals surface area contributed by atoms with Gasteiger partial charge in [0, 0.05) is 10.9 Å². The SMILES string of the molecule is O=C(N[C@@H](Cc1ccccc1)[C@@H](O)C(=O)O)c1cc2cc(F)ccc2[nH]1. The molecule has 3 aromatic rings. The summed E-state index contributed by atoms with van der Waals surface area (Å²) >= 11 is 0. The maximum Gasteiger partial charge on any atom is 0.334 e. The van der Waals surface area contributed by atoms with E-state index in [4.69, 9.17) is 5.11 Å². The van der Waals surface area contributed by atoms with Gasteiger partial charge in [0.15, 0.2) is 6.10 Å². The molecule has 4 N–H and O–H groups in total. The second-order valence-corrected chi connectivity index (χ2v) is 5.97. The third-order valence-electron chi connectivity index (χ3n) is 4.08. The number of aliphatic hydroxyl groups is 1. The molecule has 0 bridgehead atoms. The quantitative estimate of drug-likeness (QED) is 0.543. The number of carboxylic acids is 1. The number of aromatic nitrogens is 1. The molecule has 26 heavy (non-hydrogen) atoms. The van der Waals surface area contributed by atoms with Crippen LogP contribution in [0.5, 0.6) is 0 Å². The first-order valence-corrected chi connectivity index (χ1v) is 7.98. The Morgan fingerprint density at radius 1 is 1.12 bits per heavy atom. The lowest BCUT2D eigenvalue weighted by atomic mass is 10.0. The molecule has 0 saturated heterocycles. The van der Waals surface area contributed by atoms with Crippen LogP contribution in [0, 0.1) is 5.82 Å². The van der Waals surface area contributed by atoms with E-state index in [2.05, 4.69) is 10.3 Å². The van der Waals surface area contributed by atoms with E-state index in [0.29, 0.717) is 10.9 Å². The zero-order valence-corrected chi connectivity index (χ0v) is 13.6. The Labute approximate surface area is 148 Å². The van der Waals surface area contributed by atoms with Crippen LogP contribution in [0.2, 0.25) is 0 Å². The van der Waals surface area contributed by atoms with Crippen molar-refractivity contribution < 1.29 is 24.2 Å². The van der Waals surface area contributed by atoms with Gasteiger partial charge in [0.05, 0.1) is 6.04 Å². The normalized spacial score (nSPS) is 13.3. The van der Waals surface area contributed by atoms with Crippen molar-refractivity contribution in [2.75, 3.05) is 0 Å². The fourth-order valence-electron chi connectivity index (χ4n) is 2.75. The smallest absolute Gasteiger partial charge is 0.334 e. The molecule has 1 heterocycles. The molecule has 0 aliphatic carbocycles. The third kappa shape index (κ3) is 3.89. The molecule has 0 spiro atoms. The Morgan fingerprint density at radius 3 is 2.54 bits per heavy atom. The van der Waals surface area contributed by atoms with Gasteiger partial charge in [-0.3, -0.25) is 4.79 Å². The number of benzene rings is 2. The summed E-state index contributed by atoms with van der Waals surface area (Å²) in [5, 5.41) is 22.1. The number of hydrogen-bond donors (Lipinski definition) is 4. The lowest BCUT2D eigenvalue weighted by molar-refractivity contribution is -0.148. The average Bonchev–Trinajstić information content (AvgIpc) is 3.04. The number of carboxylic acid groups (broad SMARTS) is 1. The average molecular weight is 356 g/mol. The van der Waals surface area contributed by atoms with E-state index in [-0.39, 0.29) is 12.1 Å². The van der Waals surface area contributed by atoms with Gasteiger partial charge in [0.25, 0.3) is 5.91 Å². The highest BCUT2D eigenvalue weighted by Gasteiger charge is 2.28.